The van der Waals surface area contributed by atoms with Gasteiger partial charge in [-0.15, -0.1) is 0 Å². The zero-order chi connectivity index (χ0) is 18.0. The van der Waals surface area contributed by atoms with Crippen LogP contribution in [0.4, 0.5) is 0 Å². The van der Waals surface area contributed by atoms with E-state index in [2.05, 4.69) is 10.6 Å². The molecule has 0 bridgehead atoms. The average Bonchev–Trinajstić information content (AvgIpc) is 2.91. The lowest BCUT2D eigenvalue weighted by molar-refractivity contribution is -0.135. The molecule has 3 N–H and O–H groups in total. The molecule has 1 saturated heterocycles. The molecule has 2 heterocycles. The zero-order valence-electron chi connectivity index (χ0n) is 13.7. The van der Waals surface area contributed by atoms with Crippen LogP contribution in [0.2, 0.25) is 0 Å². The Morgan fingerprint density at radius 3 is 2.92 bits per heavy atom. The van der Waals surface area contributed by atoms with Crippen LogP contribution in [0.25, 0.3) is 10.8 Å². The van der Waals surface area contributed by atoms with E-state index in [0.29, 0.717) is 11.8 Å². The first-order valence-corrected chi connectivity index (χ1v) is 7.92. The van der Waals surface area contributed by atoms with Crippen LogP contribution in [-0.4, -0.2) is 41.1 Å². The van der Waals surface area contributed by atoms with Crippen LogP contribution in [0.15, 0.2) is 24.4 Å². The number of fused-ring (bicyclic) bond motifs is 1. The van der Waals surface area contributed by atoms with Crippen LogP contribution in [0, 0.1) is 0 Å². The predicted molar refractivity (Wildman–Crippen MR) is 88.7 cm³/mol. The monoisotopic (exact) mass is 345 g/mol. The number of carbonyl (C=O) groups excluding carboxylic acids is 3. The van der Waals surface area contributed by atoms with E-state index in [9.17, 15) is 19.5 Å². The van der Waals surface area contributed by atoms with Gasteiger partial charge in [-0.05, 0) is 18.1 Å². The zero-order valence-corrected chi connectivity index (χ0v) is 13.7. The van der Waals surface area contributed by atoms with Gasteiger partial charge in [0.05, 0.1) is 0 Å². The number of nitrogens with one attached hydrogen (secondary N) is 2. The normalized spacial score (nSPS) is 17.6. The Morgan fingerprint density at radius 1 is 1.40 bits per heavy atom. The largest absolute Gasteiger partial charge is 0.494 e. The number of imide groups is 1. The maximum atomic E-state index is 12.1. The van der Waals surface area contributed by atoms with Crippen LogP contribution in [0.5, 0.6) is 5.88 Å². The minimum Gasteiger partial charge on any atom is -0.494 e. The topological polar surface area (TPSA) is 110 Å². The van der Waals surface area contributed by atoms with Gasteiger partial charge in [-0.3, -0.25) is 19.7 Å². The fraction of sp³-hybridized carbons (Fsp3) is 0.353. The van der Waals surface area contributed by atoms with E-state index in [1.54, 1.807) is 18.3 Å². The number of aromatic hydroxyl groups is 1. The molecule has 1 fully saturated rings. The Bertz CT molecular complexity index is 842. The first kappa shape index (κ1) is 17.0. The van der Waals surface area contributed by atoms with E-state index in [0.717, 1.165) is 10.9 Å². The lowest BCUT2D eigenvalue weighted by atomic mass is 10.1. The summed E-state index contributed by atoms with van der Waals surface area (Å²) in [6.07, 6.45) is 2.24. The third kappa shape index (κ3) is 3.34. The maximum absolute atomic E-state index is 12.1. The number of nitrogens with zero attached hydrogens (tertiary/aromatic N) is 1. The van der Waals surface area contributed by atoms with Gasteiger partial charge in [0, 0.05) is 37.0 Å². The average molecular weight is 345 g/mol. The van der Waals surface area contributed by atoms with Crippen molar-refractivity contribution in [2.75, 3.05) is 13.7 Å². The van der Waals surface area contributed by atoms with E-state index in [1.807, 2.05) is 6.07 Å². The van der Waals surface area contributed by atoms with Gasteiger partial charge >= 0.3 is 0 Å². The molecule has 8 heteroatoms. The summed E-state index contributed by atoms with van der Waals surface area (Å²) in [5.41, 5.74) is 0.809. The smallest absolute Gasteiger partial charge is 0.249 e. The van der Waals surface area contributed by atoms with Crippen molar-refractivity contribution in [1.82, 2.24) is 15.2 Å². The van der Waals surface area contributed by atoms with E-state index < -0.39 is 11.9 Å². The number of rotatable bonds is 5. The van der Waals surface area contributed by atoms with Crippen molar-refractivity contribution in [3.8, 4) is 5.88 Å². The number of carbonyl (C=O) groups is 3. The molecule has 1 aromatic heterocycles. The molecular formula is C17H19N3O5. The van der Waals surface area contributed by atoms with Crippen molar-refractivity contribution in [2.45, 2.75) is 25.4 Å². The Hall–Kier alpha value is -2.87. The molecule has 132 valence electrons. The molecule has 1 aromatic carbocycles. The molecule has 1 unspecified atom stereocenters. The highest BCUT2D eigenvalue weighted by atomic mass is 16.5. The Morgan fingerprint density at radius 2 is 2.20 bits per heavy atom. The lowest BCUT2D eigenvalue weighted by Crippen LogP contribution is -2.41. The molecule has 8 nitrogen and oxygen atoms in total. The van der Waals surface area contributed by atoms with Gasteiger partial charge in [0.2, 0.25) is 17.7 Å². The molecule has 0 spiro atoms. The molecule has 1 aliphatic rings. The number of methoxy groups -OCH3 is 1. The first-order chi connectivity index (χ1) is 12.0. The third-order valence-electron chi connectivity index (χ3n) is 4.25. The van der Waals surface area contributed by atoms with Crippen molar-refractivity contribution < 1.29 is 24.2 Å². The van der Waals surface area contributed by atoms with Gasteiger partial charge in [-0.25, -0.2) is 0 Å². The molecular weight excluding hydrogens is 326 g/mol. The molecule has 0 saturated carbocycles. The summed E-state index contributed by atoms with van der Waals surface area (Å²) in [6.45, 7) is 0.247. The van der Waals surface area contributed by atoms with E-state index >= 15 is 0 Å². The minimum absolute atomic E-state index is 0.0293. The molecule has 3 rings (SSSR count). The summed E-state index contributed by atoms with van der Waals surface area (Å²) < 4.78 is 6.25. The molecule has 0 aliphatic carbocycles. The second-order valence-electron chi connectivity index (χ2n) is 5.91. The van der Waals surface area contributed by atoms with Crippen molar-refractivity contribution in [1.29, 1.82) is 0 Å². The summed E-state index contributed by atoms with van der Waals surface area (Å²) in [7, 11) is 1.44. The Labute approximate surface area is 143 Å². The van der Waals surface area contributed by atoms with E-state index in [1.165, 1.54) is 11.7 Å². The summed E-state index contributed by atoms with van der Waals surface area (Å²) in [4.78, 5) is 35.0. The molecule has 0 radical (unpaired) electrons. The highest BCUT2D eigenvalue weighted by Crippen LogP contribution is 2.34. The lowest BCUT2D eigenvalue weighted by Gasteiger charge is -2.22. The number of benzene rings is 1. The van der Waals surface area contributed by atoms with Gasteiger partial charge in [0.1, 0.15) is 12.6 Å². The fourth-order valence-electron chi connectivity index (χ4n) is 3.01. The number of hydrogen-bond donors (Lipinski definition) is 3. The number of amides is 3. The highest BCUT2D eigenvalue weighted by molar-refractivity contribution is 6.00. The molecule has 3 amide bonds. The summed E-state index contributed by atoms with van der Waals surface area (Å²) in [5.74, 6) is -1.01. The molecule has 25 heavy (non-hydrogen) atoms. The fourth-order valence-corrected chi connectivity index (χ4v) is 3.01. The van der Waals surface area contributed by atoms with Crippen molar-refractivity contribution in [3.05, 3.63) is 30.0 Å². The molecule has 2 aromatic rings. The Balaban J connectivity index is 1.91. The number of aromatic nitrogens is 1. The highest BCUT2D eigenvalue weighted by Gasteiger charge is 2.30. The van der Waals surface area contributed by atoms with Gasteiger partial charge in [0.25, 0.3) is 0 Å². The summed E-state index contributed by atoms with van der Waals surface area (Å²) in [6, 6.07) is 4.72. The summed E-state index contributed by atoms with van der Waals surface area (Å²) in [5, 5.41) is 16.9. The number of piperidine rings is 1. The SMILES string of the molecule is COCC(=O)NCc1cccc2c(O)n(C3CCC(=O)NC3=O)cc12. The van der Waals surface area contributed by atoms with E-state index in [4.69, 9.17) is 4.74 Å². The van der Waals surface area contributed by atoms with E-state index in [-0.39, 0.29) is 37.3 Å². The van der Waals surface area contributed by atoms with Gasteiger partial charge in [-0.2, -0.15) is 0 Å². The molecule has 1 aliphatic heterocycles. The maximum Gasteiger partial charge on any atom is 0.249 e. The second-order valence-corrected chi connectivity index (χ2v) is 5.91. The quantitative estimate of drug-likeness (QED) is 0.687. The number of hydrogen-bond acceptors (Lipinski definition) is 5. The summed E-state index contributed by atoms with van der Waals surface area (Å²) >= 11 is 0. The third-order valence-corrected chi connectivity index (χ3v) is 4.25. The van der Waals surface area contributed by atoms with Gasteiger partial charge < -0.3 is 19.7 Å². The van der Waals surface area contributed by atoms with Crippen LogP contribution in [0.3, 0.4) is 0 Å². The minimum atomic E-state index is -0.638. The van der Waals surface area contributed by atoms with Crippen molar-refractivity contribution >= 4 is 28.5 Å². The van der Waals surface area contributed by atoms with Gasteiger partial charge in [-0.1, -0.05) is 12.1 Å². The van der Waals surface area contributed by atoms with Crippen LogP contribution in [0.1, 0.15) is 24.4 Å². The number of ether oxygens (including phenoxy) is 1. The standard InChI is InChI=1S/C17H19N3O5/c1-25-9-15(22)18-7-10-3-2-4-11-12(10)8-20(17(11)24)13-5-6-14(21)19-16(13)23/h2-4,8,13,24H,5-7,9H2,1H3,(H,18,22)(H,19,21,23). The van der Waals surface area contributed by atoms with Crippen LogP contribution >= 0.6 is 0 Å². The first-order valence-electron chi connectivity index (χ1n) is 7.92. The van der Waals surface area contributed by atoms with Crippen molar-refractivity contribution in [3.63, 3.8) is 0 Å². The Kier molecular flexibility index (Phi) is 4.71. The van der Waals surface area contributed by atoms with Crippen molar-refractivity contribution in [2.24, 2.45) is 0 Å². The predicted octanol–water partition coefficient (Wildman–Crippen LogP) is 0.587. The van der Waals surface area contributed by atoms with Crippen LogP contribution < -0.4 is 10.6 Å². The second kappa shape index (κ2) is 6.94. The molecule has 1 atom stereocenters. The van der Waals surface area contributed by atoms with Gasteiger partial charge in [0.15, 0.2) is 5.88 Å². The van der Waals surface area contributed by atoms with Crippen LogP contribution in [-0.2, 0) is 25.7 Å².